The highest BCUT2D eigenvalue weighted by atomic mass is 16.7. The summed E-state index contributed by atoms with van der Waals surface area (Å²) in [6.45, 7) is 4.31. The SMILES string of the molecule is CCCCCCCC/C=C\CCCCCCCCCCCC(=O)OCCCCCCCCCCC/C=C\CCCCCCCCCC(=O)NC(COC1OC(CO)C(O)C(O)C1O)C(O)/C=C/CCCCCCCCC. The van der Waals surface area contributed by atoms with Gasteiger partial charge in [-0.15, -0.1) is 0 Å². The van der Waals surface area contributed by atoms with Gasteiger partial charge in [-0.05, 0) is 83.5 Å². The molecule has 0 aromatic heterocycles. The lowest BCUT2D eigenvalue weighted by molar-refractivity contribution is -0.302. The van der Waals surface area contributed by atoms with Crippen LogP contribution in [0.15, 0.2) is 36.5 Å². The predicted molar refractivity (Wildman–Crippen MR) is 315 cm³/mol. The zero-order chi connectivity index (χ0) is 55.2. The molecular formula is C65H121NO10. The molecule has 1 rings (SSSR count). The Morgan fingerprint density at radius 1 is 0.474 bits per heavy atom. The summed E-state index contributed by atoms with van der Waals surface area (Å²) in [6.07, 6.45) is 58.3. The van der Waals surface area contributed by atoms with Crippen molar-refractivity contribution in [1.29, 1.82) is 0 Å². The molecule has 7 unspecified atom stereocenters. The molecular weight excluding hydrogens is 955 g/mol. The van der Waals surface area contributed by atoms with E-state index in [0.717, 1.165) is 77.0 Å². The van der Waals surface area contributed by atoms with E-state index >= 15 is 0 Å². The van der Waals surface area contributed by atoms with Crippen molar-refractivity contribution in [2.24, 2.45) is 0 Å². The standard InChI is InChI=1S/C65H121NO10/c1-3-5-7-9-11-13-14-15-16-17-20-24-27-30-33-37-41-45-49-53-61(70)74-54-50-46-42-38-34-31-28-25-22-19-18-21-23-26-29-32-36-40-44-48-52-60(69)66-57(58(68)51-47-43-39-35-12-10-8-6-4-2)56-75-65-64(73)63(72)62(71)59(55-67)76-65/h15-16,18,21,47,51,57-59,62-65,67-68,71-73H,3-14,17,19-20,22-46,48-50,52-56H2,1-2H3,(H,66,69)/b16-15-,21-18-,51-47+. The molecule has 1 fully saturated rings. The van der Waals surface area contributed by atoms with Gasteiger partial charge < -0.3 is 45.1 Å². The Labute approximate surface area is 466 Å². The lowest BCUT2D eigenvalue weighted by atomic mass is 9.99. The molecule has 1 saturated heterocycles. The Morgan fingerprint density at radius 2 is 0.842 bits per heavy atom. The number of amides is 1. The van der Waals surface area contributed by atoms with Gasteiger partial charge in [-0.25, -0.2) is 0 Å². The summed E-state index contributed by atoms with van der Waals surface area (Å²) >= 11 is 0. The fraction of sp³-hybridized carbons (Fsp3) is 0.877. The Bertz CT molecular complexity index is 1360. The van der Waals surface area contributed by atoms with Crippen molar-refractivity contribution < 1.29 is 49.3 Å². The van der Waals surface area contributed by atoms with Crippen LogP contribution in [-0.4, -0.2) is 100 Å². The summed E-state index contributed by atoms with van der Waals surface area (Å²) in [6, 6.07) is -0.815. The van der Waals surface area contributed by atoms with Gasteiger partial charge in [0.15, 0.2) is 6.29 Å². The third-order valence-corrected chi connectivity index (χ3v) is 15.2. The Balaban J connectivity index is 1.98. The minimum absolute atomic E-state index is 0.00821. The first-order chi connectivity index (χ1) is 37.2. The van der Waals surface area contributed by atoms with Gasteiger partial charge in [-0.3, -0.25) is 9.59 Å². The molecule has 11 nitrogen and oxygen atoms in total. The second-order valence-electron chi connectivity index (χ2n) is 22.5. The van der Waals surface area contributed by atoms with E-state index in [9.17, 15) is 35.1 Å². The largest absolute Gasteiger partial charge is 0.466 e. The van der Waals surface area contributed by atoms with Gasteiger partial charge in [-0.2, -0.15) is 0 Å². The van der Waals surface area contributed by atoms with Crippen LogP contribution in [0, 0.1) is 0 Å². The minimum atomic E-state index is -1.57. The summed E-state index contributed by atoms with van der Waals surface area (Å²) in [4.78, 5) is 25.1. The van der Waals surface area contributed by atoms with E-state index in [4.69, 9.17) is 14.2 Å². The Hall–Kier alpha value is -2.12. The number of ether oxygens (including phenoxy) is 3. The van der Waals surface area contributed by atoms with Crippen molar-refractivity contribution in [3.63, 3.8) is 0 Å². The van der Waals surface area contributed by atoms with Crippen LogP contribution in [0.25, 0.3) is 0 Å². The molecule has 11 heteroatoms. The molecule has 0 aromatic rings. The average Bonchev–Trinajstić information content (AvgIpc) is 3.42. The molecule has 7 atom stereocenters. The van der Waals surface area contributed by atoms with E-state index in [1.165, 1.54) is 199 Å². The highest BCUT2D eigenvalue weighted by molar-refractivity contribution is 5.76. The number of rotatable bonds is 56. The molecule has 1 aliphatic heterocycles. The van der Waals surface area contributed by atoms with Crippen LogP contribution in [0.3, 0.4) is 0 Å². The monoisotopic (exact) mass is 1080 g/mol. The van der Waals surface area contributed by atoms with E-state index in [2.05, 4.69) is 43.5 Å². The van der Waals surface area contributed by atoms with Crippen molar-refractivity contribution in [1.82, 2.24) is 5.32 Å². The minimum Gasteiger partial charge on any atom is -0.466 e. The van der Waals surface area contributed by atoms with E-state index in [-0.39, 0.29) is 18.5 Å². The first-order valence-electron chi connectivity index (χ1n) is 32.3. The fourth-order valence-electron chi connectivity index (χ4n) is 10.1. The molecule has 0 aliphatic carbocycles. The van der Waals surface area contributed by atoms with Gasteiger partial charge in [0.05, 0.1) is 32.0 Å². The Morgan fingerprint density at radius 3 is 1.26 bits per heavy atom. The number of aliphatic hydroxyl groups is 5. The molecule has 0 aromatic carbocycles. The molecule has 6 N–H and O–H groups in total. The number of aliphatic hydroxyl groups excluding tert-OH is 5. The lowest BCUT2D eigenvalue weighted by Gasteiger charge is -2.40. The first-order valence-corrected chi connectivity index (χ1v) is 32.3. The number of esters is 1. The number of hydrogen-bond donors (Lipinski definition) is 6. The molecule has 1 aliphatic rings. The highest BCUT2D eigenvalue weighted by Crippen LogP contribution is 2.23. The fourth-order valence-corrected chi connectivity index (χ4v) is 10.1. The maximum absolute atomic E-state index is 13.0. The Kier molecular flexibility index (Phi) is 51.9. The van der Waals surface area contributed by atoms with Crippen molar-refractivity contribution in [2.75, 3.05) is 19.8 Å². The molecule has 76 heavy (non-hydrogen) atoms. The summed E-state index contributed by atoms with van der Waals surface area (Å²) in [5, 5.41) is 54.2. The van der Waals surface area contributed by atoms with Crippen LogP contribution in [0.5, 0.6) is 0 Å². The zero-order valence-corrected chi connectivity index (χ0v) is 49.2. The van der Waals surface area contributed by atoms with E-state index in [1.807, 2.05) is 6.08 Å². The number of hydrogen-bond acceptors (Lipinski definition) is 10. The normalized spacial score (nSPS) is 18.9. The third-order valence-electron chi connectivity index (χ3n) is 15.2. The van der Waals surface area contributed by atoms with Gasteiger partial charge in [0.2, 0.25) is 5.91 Å². The molecule has 0 radical (unpaired) electrons. The van der Waals surface area contributed by atoms with E-state index in [1.54, 1.807) is 6.08 Å². The van der Waals surface area contributed by atoms with Crippen LogP contribution in [0.2, 0.25) is 0 Å². The quantitative estimate of drug-likeness (QED) is 0.0195. The second kappa shape index (κ2) is 54.8. The molecule has 0 spiro atoms. The molecule has 0 saturated carbocycles. The van der Waals surface area contributed by atoms with Crippen LogP contribution in [0.1, 0.15) is 303 Å². The number of allylic oxidation sites excluding steroid dienone is 5. The highest BCUT2D eigenvalue weighted by Gasteiger charge is 2.44. The van der Waals surface area contributed by atoms with Crippen molar-refractivity contribution in [3.8, 4) is 0 Å². The van der Waals surface area contributed by atoms with E-state index < -0.39 is 49.5 Å². The summed E-state index contributed by atoms with van der Waals surface area (Å²) in [7, 11) is 0. The van der Waals surface area contributed by atoms with Gasteiger partial charge in [0.25, 0.3) is 0 Å². The summed E-state index contributed by atoms with van der Waals surface area (Å²) in [5.74, 6) is -0.200. The smallest absolute Gasteiger partial charge is 0.305 e. The second-order valence-corrected chi connectivity index (χ2v) is 22.5. The number of unbranched alkanes of at least 4 members (excludes halogenated alkanes) is 38. The molecule has 1 heterocycles. The van der Waals surface area contributed by atoms with Gasteiger partial charge in [0, 0.05) is 12.8 Å². The number of nitrogens with one attached hydrogen (secondary N) is 1. The number of carbonyl (C=O) groups is 2. The van der Waals surface area contributed by atoms with Crippen LogP contribution in [-0.2, 0) is 23.8 Å². The number of carbonyl (C=O) groups excluding carboxylic acids is 2. The van der Waals surface area contributed by atoms with Crippen molar-refractivity contribution >= 4 is 11.9 Å². The maximum atomic E-state index is 13.0. The van der Waals surface area contributed by atoms with Crippen LogP contribution >= 0.6 is 0 Å². The molecule has 446 valence electrons. The van der Waals surface area contributed by atoms with Crippen LogP contribution < -0.4 is 5.32 Å². The molecule has 1 amide bonds. The van der Waals surface area contributed by atoms with Crippen molar-refractivity contribution in [3.05, 3.63) is 36.5 Å². The molecule has 0 bridgehead atoms. The topological polar surface area (TPSA) is 175 Å². The average molecular weight is 1080 g/mol. The predicted octanol–water partition coefficient (Wildman–Crippen LogP) is 15.5. The van der Waals surface area contributed by atoms with Gasteiger partial charge in [-0.1, -0.05) is 243 Å². The summed E-state index contributed by atoms with van der Waals surface area (Å²) in [5.41, 5.74) is 0. The van der Waals surface area contributed by atoms with Crippen LogP contribution in [0.4, 0.5) is 0 Å². The van der Waals surface area contributed by atoms with Gasteiger partial charge in [0.1, 0.15) is 24.4 Å². The zero-order valence-electron chi connectivity index (χ0n) is 49.2. The first kappa shape index (κ1) is 71.9. The maximum Gasteiger partial charge on any atom is 0.305 e. The van der Waals surface area contributed by atoms with E-state index in [0.29, 0.717) is 19.4 Å². The van der Waals surface area contributed by atoms with Crippen molar-refractivity contribution in [2.45, 2.75) is 346 Å². The summed E-state index contributed by atoms with van der Waals surface area (Å²) < 4.78 is 16.7. The van der Waals surface area contributed by atoms with Gasteiger partial charge >= 0.3 is 5.97 Å². The third kappa shape index (κ3) is 43.7. The lowest BCUT2D eigenvalue weighted by Crippen LogP contribution is -2.60.